The van der Waals surface area contributed by atoms with Crippen LogP contribution in [0.5, 0.6) is 11.5 Å². The van der Waals surface area contributed by atoms with Crippen LogP contribution in [0.3, 0.4) is 0 Å². The van der Waals surface area contributed by atoms with Gasteiger partial charge in [0.25, 0.3) is 5.91 Å². The lowest BCUT2D eigenvalue weighted by Gasteiger charge is -2.39. The highest BCUT2D eigenvalue weighted by Gasteiger charge is 2.44. The predicted octanol–water partition coefficient (Wildman–Crippen LogP) is 3.74. The van der Waals surface area contributed by atoms with Crippen LogP contribution >= 0.6 is 0 Å². The van der Waals surface area contributed by atoms with Gasteiger partial charge in [-0.15, -0.1) is 0 Å². The van der Waals surface area contributed by atoms with Gasteiger partial charge in [-0.25, -0.2) is 0 Å². The Morgan fingerprint density at radius 2 is 1.96 bits per heavy atom. The first-order chi connectivity index (χ1) is 13.4. The molecule has 0 bridgehead atoms. The zero-order valence-corrected chi connectivity index (χ0v) is 16.2. The van der Waals surface area contributed by atoms with Gasteiger partial charge in [-0.3, -0.25) is 9.59 Å². The lowest BCUT2D eigenvalue weighted by molar-refractivity contribution is -0.155. The summed E-state index contributed by atoms with van der Waals surface area (Å²) in [4.78, 5) is 26.7. The van der Waals surface area contributed by atoms with Gasteiger partial charge >= 0.3 is 5.97 Å². The molecule has 1 fully saturated rings. The molecular formula is C22H25NO5. The summed E-state index contributed by atoms with van der Waals surface area (Å²) in [5.74, 6) is -0.0599. The van der Waals surface area contributed by atoms with E-state index in [1.165, 1.54) is 7.11 Å². The van der Waals surface area contributed by atoms with Crippen molar-refractivity contribution in [2.24, 2.45) is 5.41 Å². The second-order valence-electron chi connectivity index (χ2n) is 7.26. The number of hydrogen-bond donors (Lipinski definition) is 1. The molecule has 1 aliphatic heterocycles. The normalized spacial score (nSPS) is 19.3. The van der Waals surface area contributed by atoms with E-state index in [9.17, 15) is 14.7 Å². The molecule has 1 saturated heterocycles. The number of nitrogens with zero attached hydrogens (tertiary/aromatic N) is 1. The third kappa shape index (κ3) is 4.17. The van der Waals surface area contributed by atoms with Gasteiger partial charge < -0.3 is 19.5 Å². The molecule has 0 aromatic heterocycles. The fraction of sp³-hybridized carbons (Fsp3) is 0.364. The first-order valence-electron chi connectivity index (χ1n) is 9.30. The highest BCUT2D eigenvalue weighted by atomic mass is 16.5. The molecule has 0 radical (unpaired) electrons. The summed E-state index contributed by atoms with van der Waals surface area (Å²) in [7, 11) is 1.48. The van der Waals surface area contributed by atoms with Crippen LogP contribution in [-0.4, -0.2) is 48.7 Å². The number of para-hydroxylation sites is 1. The number of carboxylic acid groups (broad SMARTS) is 1. The van der Waals surface area contributed by atoms with Crippen molar-refractivity contribution in [3.05, 3.63) is 59.7 Å². The second kappa shape index (κ2) is 8.44. The molecule has 2 aromatic rings. The first kappa shape index (κ1) is 19.9. The van der Waals surface area contributed by atoms with Crippen LogP contribution in [0.25, 0.3) is 0 Å². The smallest absolute Gasteiger partial charge is 0.313 e. The third-order valence-corrected chi connectivity index (χ3v) is 5.07. The standard InChI is InChI=1S/C22H25NO5/c1-16-7-5-8-17(13-16)28-19-10-4-3-9-18(19)20(24)23-12-6-11-22(14-23,15-27-2)21(25)26/h3-5,7-10,13H,6,11-12,14-15H2,1-2H3,(H,25,26). The summed E-state index contributed by atoms with van der Waals surface area (Å²) in [5.41, 5.74) is 0.403. The summed E-state index contributed by atoms with van der Waals surface area (Å²) in [5, 5.41) is 9.72. The number of rotatable bonds is 6. The van der Waals surface area contributed by atoms with Crippen LogP contribution in [0.1, 0.15) is 28.8 Å². The molecule has 148 valence electrons. The number of carboxylic acids is 1. The number of benzene rings is 2. The highest BCUT2D eigenvalue weighted by Crippen LogP contribution is 2.33. The number of likely N-dealkylation sites (tertiary alicyclic amines) is 1. The summed E-state index contributed by atoms with van der Waals surface area (Å²) >= 11 is 0. The SMILES string of the molecule is COCC1(C(=O)O)CCCN(C(=O)c2ccccc2Oc2cccc(C)c2)C1. The maximum absolute atomic E-state index is 13.2. The quantitative estimate of drug-likeness (QED) is 0.822. The Hall–Kier alpha value is -2.86. The van der Waals surface area contributed by atoms with E-state index in [2.05, 4.69) is 0 Å². The molecule has 1 heterocycles. The molecule has 1 unspecified atom stereocenters. The Morgan fingerprint density at radius 1 is 1.18 bits per heavy atom. The van der Waals surface area contributed by atoms with Crippen molar-refractivity contribution in [1.29, 1.82) is 0 Å². The molecule has 0 saturated carbocycles. The summed E-state index contributed by atoms with van der Waals surface area (Å²) in [6, 6.07) is 14.6. The van der Waals surface area contributed by atoms with Gasteiger partial charge in [0.15, 0.2) is 0 Å². The van der Waals surface area contributed by atoms with E-state index < -0.39 is 11.4 Å². The molecule has 2 aromatic carbocycles. The van der Waals surface area contributed by atoms with Gasteiger partial charge in [0.1, 0.15) is 16.9 Å². The number of methoxy groups -OCH3 is 1. The van der Waals surface area contributed by atoms with Crippen molar-refractivity contribution in [1.82, 2.24) is 4.90 Å². The minimum Gasteiger partial charge on any atom is -0.481 e. The second-order valence-corrected chi connectivity index (χ2v) is 7.26. The van der Waals surface area contributed by atoms with E-state index in [0.29, 0.717) is 36.4 Å². The van der Waals surface area contributed by atoms with Gasteiger partial charge in [-0.05, 0) is 49.6 Å². The fourth-order valence-electron chi connectivity index (χ4n) is 3.64. The van der Waals surface area contributed by atoms with Crippen molar-refractivity contribution in [3.8, 4) is 11.5 Å². The minimum atomic E-state index is -1.07. The maximum Gasteiger partial charge on any atom is 0.313 e. The average molecular weight is 383 g/mol. The molecule has 1 N–H and O–H groups in total. The minimum absolute atomic E-state index is 0.0769. The van der Waals surface area contributed by atoms with E-state index in [1.54, 1.807) is 23.1 Å². The Balaban J connectivity index is 1.85. The first-order valence-corrected chi connectivity index (χ1v) is 9.30. The highest BCUT2D eigenvalue weighted by molar-refractivity contribution is 5.97. The number of aliphatic carboxylic acids is 1. The fourth-order valence-corrected chi connectivity index (χ4v) is 3.64. The van der Waals surface area contributed by atoms with Crippen LogP contribution in [-0.2, 0) is 9.53 Å². The molecule has 6 heteroatoms. The van der Waals surface area contributed by atoms with Gasteiger partial charge in [-0.1, -0.05) is 24.3 Å². The maximum atomic E-state index is 13.2. The average Bonchev–Trinajstić information content (AvgIpc) is 2.68. The van der Waals surface area contributed by atoms with E-state index >= 15 is 0 Å². The number of ether oxygens (including phenoxy) is 2. The van der Waals surface area contributed by atoms with Crippen LogP contribution in [0.4, 0.5) is 0 Å². The number of amides is 1. The van der Waals surface area contributed by atoms with E-state index in [1.807, 2.05) is 37.3 Å². The molecular weight excluding hydrogens is 358 g/mol. The predicted molar refractivity (Wildman–Crippen MR) is 105 cm³/mol. The summed E-state index contributed by atoms with van der Waals surface area (Å²) in [6.07, 6.45) is 1.10. The third-order valence-electron chi connectivity index (χ3n) is 5.07. The zero-order valence-electron chi connectivity index (χ0n) is 16.2. The molecule has 3 rings (SSSR count). The van der Waals surface area contributed by atoms with Gasteiger partial charge in [0.05, 0.1) is 12.2 Å². The number of piperidine rings is 1. The van der Waals surface area contributed by atoms with Crippen molar-refractivity contribution >= 4 is 11.9 Å². The number of hydrogen-bond acceptors (Lipinski definition) is 4. The summed E-state index contributed by atoms with van der Waals surface area (Å²) < 4.78 is 11.1. The Morgan fingerprint density at radius 3 is 2.68 bits per heavy atom. The van der Waals surface area contributed by atoms with Crippen molar-refractivity contribution in [2.45, 2.75) is 19.8 Å². The van der Waals surface area contributed by atoms with E-state index in [0.717, 1.165) is 5.56 Å². The molecule has 28 heavy (non-hydrogen) atoms. The van der Waals surface area contributed by atoms with Crippen LogP contribution < -0.4 is 4.74 Å². The summed E-state index contributed by atoms with van der Waals surface area (Å²) in [6.45, 7) is 2.68. The van der Waals surface area contributed by atoms with Crippen molar-refractivity contribution in [2.75, 3.05) is 26.8 Å². The monoisotopic (exact) mass is 383 g/mol. The molecule has 1 amide bonds. The van der Waals surface area contributed by atoms with Gasteiger partial charge in [0, 0.05) is 20.2 Å². The van der Waals surface area contributed by atoms with E-state index in [-0.39, 0.29) is 19.1 Å². The van der Waals surface area contributed by atoms with Gasteiger partial charge in [0.2, 0.25) is 0 Å². The molecule has 0 aliphatic carbocycles. The van der Waals surface area contributed by atoms with Crippen molar-refractivity contribution in [3.63, 3.8) is 0 Å². The van der Waals surface area contributed by atoms with Crippen molar-refractivity contribution < 1.29 is 24.2 Å². The topological polar surface area (TPSA) is 76.1 Å². The number of carbonyl (C=O) groups is 2. The molecule has 1 aliphatic rings. The number of carbonyl (C=O) groups excluding carboxylic acids is 1. The Labute approximate surface area is 164 Å². The lowest BCUT2D eigenvalue weighted by atomic mass is 9.80. The Bertz CT molecular complexity index is 862. The lowest BCUT2D eigenvalue weighted by Crippen LogP contribution is -2.52. The van der Waals surface area contributed by atoms with Crippen LogP contribution in [0.2, 0.25) is 0 Å². The van der Waals surface area contributed by atoms with Crippen LogP contribution in [0, 0.1) is 12.3 Å². The van der Waals surface area contributed by atoms with Crippen LogP contribution in [0.15, 0.2) is 48.5 Å². The van der Waals surface area contributed by atoms with Gasteiger partial charge in [-0.2, -0.15) is 0 Å². The molecule has 1 atom stereocenters. The molecule has 0 spiro atoms. The zero-order chi connectivity index (χ0) is 20.1. The van der Waals surface area contributed by atoms with E-state index in [4.69, 9.17) is 9.47 Å². The molecule has 6 nitrogen and oxygen atoms in total. The largest absolute Gasteiger partial charge is 0.481 e. The number of aryl methyl sites for hydroxylation is 1. The Kier molecular flexibility index (Phi) is 5.99.